The Balaban J connectivity index is 1.38. The van der Waals surface area contributed by atoms with Gasteiger partial charge < -0.3 is 5.32 Å². The van der Waals surface area contributed by atoms with Gasteiger partial charge in [0.05, 0.1) is 16.6 Å². The van der Waals surface area contributed by atoms with Crippen LogP contribution in [-0.4, -0.2) is 27.5 Å². The second kappa shape index (κ2) is 9.68. The lowest BCUT2D eigenvalue weighted by Gasteiger charge is -2.29. The number of thioether (sulfide) groups is 1. The van der Waals surface area contributed by atoms with Crippen LogP contribution in [0.25, 0.3) is 0 Å². The molecule has 1 fully saturated rings. The highest BCUT2D eigenvalue weighted by Gasteiger charge is 2.57. The van der Waals surface area contributed by atoms with E-state index in [1.807, 2.05) is 67.8 Å². The zero-order valence-electron chi connectivity index (χ0n) is 20.5. The minimum absolute atomic E-state index is 0.177. The van der Waals surface area contributed by atoms with Gasteiger partial charge in [-0.2, -0.15) is 0 Å². The van der Waals surface area contributed by atoms with Gasteiger partial charge in [0.15, 0.2) is 0 Å². The molecule has 1 saturated heterocycles. The minimum atomic E-state index is -0.691. The molecule has 0 radical (unpaired) electrons. The molecule has 0 unspecified atom stereocenters. The zero-order chi connectivity index (χ0) is 26.6. The highest BCUT2D eigenvalue weighted by Crippen LogP contribution is 2.54. The Morgan fingerprint density at radius 3 is 2.26 bits per heavy atom. The smallest absolute Gasteiger partial charge is 0.308 e. The van der Waals surface area contributed by atoms with E-state index in [0.29, 0.717) is 16.4 Å². The number of imide groups is 1. The van der Waals surface area contributed by atoms with Crippen LogP contribution >= 0.6 is 34.4 Å². The van der Waals surface area contributed by atoms with Crippen molar-refractivity contribution in [3.8, 4) is 0 Å². The van der Waals surface area contributed by atoms with Crippen LogP contribution in [0.3, 0.4) is 0 Å². The van der Waals surface area contributed by atoms with Gasteiger partial charge in [0, 0.05) is 21.4 Å². The Hall–Kier alpha value is -3.47. The molecule has 1 N–H and O–H groups in total. The number of thiazole rings is 1. The van der Waals surface area contributed by atoms with E-state index in [0.717, 1.165) is 32.2 Å². The number of fused-ring (bicyclic) bond motifs is 2. The molecule has 6 rings (SSSR count). The molecular formula is C28H23N3O4S3. The molecule has 3 amide bonds. The number of nitrogens with zero attached hydrogens (tertiary/aromatic N) is 2. The maximum atomic E-state index is 13.8. The van der Waals surface area contributed by atoms with Gasteiger partial charge in [-0.1, -0.05) is 64.6 Å². The average molecular weight is 562 g/mol. The molecular weight excluding hydrogens is 539 g/mol. The van der Waals surface area contributed by atoms with Crippen molar-refractivity contribution in [1.82, 2.24) is 4.57 Å². The summed E-state index contributed by atoms with van der Waals surface area (Å²) in [4.78, 5) is 56.2. The van der Waals surface area contributed by atoms with Crippen LogP contribution in [0.2, 0.25) is 0 Å². The number of rotatable bonds is 5. The lowest BCUT2D eigenvalue weighted by atomic mass is 9.87. The standard InChI is InChI=1S/C28H23N3O4S3/c1-15-5-9-17(10-6-15)29-20(32)14-30-27-24(38-28(30)35)21(19-4-3-13-36-19)22-23(37-27)26(34)31(25(22)33)18-11-7-16(2)8-12-18/h3-13,21-23H,14H2,1-2H3,(H,29,32)/t21-,22-,23+/m0/s1. The van der Waals surface area contributed by atoms with Crippen LogP contribution in [0.1, 0.15) is 26.8 Å². The van der Waals surface area contributed by atoms with Crippen LogP contribution in [0.4, 0.5) is 11.4 Å². The molecule has 0 saturated carbocycles. The lowest BCUT2D eigenvalue weighted by molar-refractivity contribution is -0.122. The number of amides is 3. The van der Waals surface area contributed by atoms with Gasteiger partial charge in [0.25, 0.3) is 0 Å². The first-order chi connectivity index (χ1) is 18.3. The summed E-state index contributed by atoms with van der Waals surface area (Å²) in [6.45, 7) is 3.74. The summed E-state index contributed by atoms with van der Waals surface area (Å²) >= 11 is 3.78. The van der Waals surface area contributed by atoms with E-state index in [1.165, 1.54) is 32.6 Å². The summed E-state index contributed by atoms with van der Waals surface area (Å²) < 4.78 is 1.44. The summed E-state index contributed by atoms with van der Waals surface area (Å²) in [5.41, 5.74) is 3.30. The Kier molecular flexibility index (Phi) is 6.33. The van der Waals surface area contributed by atoms with Crippen molar-refractivity contribution in [2.45, 2.75) is 36.6 Å². The molecule has 2 aliphatic heterocycles. The number of benzene rings is 2. The van der Waals surface area contributed by atoms with Crippen molar-refractivity contribution in [2.24, 2.45) is 5.92 Å². The van der Waals surface area contributed by atoms with Crippen molar-refractivity contribution in [1.29, 1.82) is 0 Å². The Morgan fingerprint density at radius 1 is 0.921 bits per heavy atom. The first kappa shape index (κ1) is 24.8. The molecule has 4 aromatic rings. The van der Waals surface area contributed by atoms with Gasteiger partial charge in [-0.25, -0.2) is 4.90 Å². The fourth-order valence-corrected chi connectivity index (χ4v) is 8.68. The van der Waals surface area contributed by atoms with Gasteiger partial charge >= 0.3 is 4.87 Å². The van der Waals surface area contributed by atoms with E-state index in [-0.39, 0.29) is 29.1 Å². The summed E-state index contributed by atoms with van der Waals surface area (Å²) in [6.07, 6.45) is 0. The third-order valence-corrected chi connectivity index (χ3v) is 10.4. The molecule has 192 valence electrons. The molecule has 4 heterocycles. The predicted molar refractivity (Wildman–Crippen MR) is 151 cm³/mol. The van der Waals surface area contributed by atoms with Crippen molar-refractivity contribution >= 4 is 63.5 Å². The SMILES string of the molecule is Cc1ccc(NC(=O)Cn2c3c(sc2=O)[C@@H](c2cccs2)[C@@H]2C(=O)N(c4ccc(C)cc4)C(=O)[C@@H]2S3)cc1. The third-order valence-electron chi connectivity index (χ3n) is 6.83. The first-order valence-electron chi connectivity index (χ1n) is 12.1. The molecule has 0 bridgehead atoms. The van der Waals surface area contributed by atoms with Gasteiger partial charge in [0.2, 0.25) is 17.7 Å². The van der Waals surface area contributed by atoms with Crippen LogP contribution in [0, 0.1) is 19.8 Å². The summed E-state index contributed by atoms with van der Waals surface area (Å²) in [6, 6.07) is 18.6. The van der Waals surface area contributed by atoms with Crippen LogP contribution in [0.5, 0.6) is 0 Å². The normalized spacial score (nSPS) is 20.4. The van der Waals surface area contributed by atoms with Crippen LogP contribution < -0.4 is 15.1 Å². The minimum Gasteiger partial charge on any atom is -0.325 e. The molecule has 10 heteroatoms. The highest BCUT2D eigenvalue weighted by atomic mass is 32.2. The Labute approximate surface area is 231 Å². The van der Waals surface area contributed by atoms with Gasteiger partial charge in [-0.15, -0.1) is 11.3 Å². The molecule has 2 aromatic carbocycles. The molecule has 7 nitrogen and oxygen atoms in total. The zero-order valence-corrected chi connectivity index (χ0v) is 23.0. The number of hydrogen-bond donors (Lipinski definition) is 1. The van der Waals surface area contributed by atoms with E-state index in [9.17, 15) is 19.2 Å². The number of anilines is 2. The monoisotopic (exact) mass is 561 g/mol. The summed E-state index contributed by atoms with van der Waals surface area (Å²) in [5.74, 6) is -1.95. The number of hydrogen-bond acceptors (Lipinski definition) is 7. The van der Waals surface area contributed by atoms with Crippen LogP contribution in [-0.2, 0) is 20.9 Å². The van der Waals surface area contributed by atoms with E-state index in [4.69, 9.17) is 0 Å². The van der Waals surface area contributed by atoms with Gasteiger partial charge in [-0.3, -0.25) is 23.7 Å². The first-order valence-corrected chi connectivity index (χ1v) is 14.6. The number of nitrogens with one attached hydrogen (secondary N) is 1. The number of thiophene rings is 1. The second-order valence-corrected chi connectivity index (χ2v) is 12.5. The van der Waals surface area contributed by atoms with Crippen molar-refractivity contribution in [3.05, 3.63) is 96.6 Å². The number of aromatic nitrogens is 1. The maximum absolute atomic E-state index is 13.8. The quantitative estimate of drug-likeness (QED) is 0.346. The maximum Gasteiger partial charge on any atom is 0.308 e. The Bertz CT molecular complexity index is 1600. The van der Waals surface area contributed by atoms with E-state index < -0.39 is 17.1 Å². The molecule has 3 atom stereocenters. The molecule has 0 spiro atoms. The predicted octanol–water partition coefficient (Wildman–Crippen LogP) is 5.02. The lowest BCUT2D eigenvalue weighted by Crippen LogP contribution is -2.32. The summed E-state index contributed by atoms with van der Waals surface area (Å²) in [5, 5.41) is 4.67. The fraction of sp³-hybridized carbons (Fsp3) is 0.214. The van der Waals surface area contributed by atoms with E-state index in [1.54, 1.807) is 12.1 Å². The third kappa shape index (κ3) is 4.22. The van der Waals surface area contributed by atoms with Gasteiger partial charge in [0.1, 0.15) is 11.8 Å². The average Bonchev–Trinajstić information content (AvgIpc) is 3.59. The van der Waals surface area contributed by atoms with Crippen molar-refractivity contribution in [2.75, 3.05) is 10.2 Å². The fourth-order valence-electron chi connectivity index (χ4n) is 4.96. The molecule has 2 aromatic heterocycles. The van der Waals surface area contributed by atoms with E-state index in [2.05, 4.69) is 5.32 Å². The van der Waals surface area contributed by atoms with Crippen molar-refractivity contribution < 1.29 is 14.4 Å². The highest BCUT2D eigenvalue weighted by molar-refractivity contribution is 8.00. The largest absolute Gasteiger partial charge is 0.325 e. The van der Waals surface area contributed by atoms with Crippen molar-refractivity contribution in [3.63, 3.8) is 0 Å². The molecule has 2 aliphatic rings. The molecule has 38 heavy (non-hydrogen) atoms. The number of aryl methyl sites for hydroxylation is 2. The summed E-state index contributed by atoms with van der Waals surface area (Å²) in [7, 11) is 0. The van der Waals surface area contributed by atoms with E-state index >= 15 is 0 Å². The molecule has 0 aliphatic carbocycles. The Morgan fingerprint density at radius 2 is 1.61 bits per heavy atom. The van der Waals surface area contributed by atoms with Gasteiger partial charge in [-0.05, 0) is 49.6 Å². The second-order valence-electron chi connectivity index (χ2n) is 9.44. The number of carbonyl (C=O) groups excluding carboxylic acids is 3. The van der Waals surface area contributed by atoms with Crippen LogP contribution in [0.15, 0.2) is 75.9 Å². The topological polar surface area (TPSA) is 88.5 Å². The number of carbonyl (C=O) groups is 3.